The van der Waals surface area contributed by atoms with E-state index in [9.17, 15) is 9.59 Å². The number of carbonyl (C=O) groups excluding carboxylic acids is 1. The molecule has 0 unspecified atom stereocenters. The molecule has 0 aromatic heterocycles. The van der Waals surface area contributed by atoms with Crippen LogP contribution in [0.1, 0.15) is 12.8 Å². The smallest absolute Gasteiger partial charge is 0.323 e. The van der Waals surface area contributed by atoms with E-state index in [-0.39, 0.29) is 19.1 Å². The molecule has 0 radical (unpaired) electrons. The minimum atomic E-state index is -1.00. The van der Waals surface area contributed by atoms with Crippen molar-refractivity contribution in [2.75, 3.05) is 40.3 Å². The van der Waals surface area contributed by atoms with E-state index in [1.165, 1.54) is 4.90 Å². The van der Waals surface area contributed by atoms with E-state index in [1.807, 2.05) is 14.1 Å². The Hall–Kier alpha value is -1.56. The number of hydrogen-bond donors (Lipinski definition) is 1. The van der Waals surface area contributed by atoms with Crippen molar-refractivity contribution in [1.82, 2.24) is 14.7 Å². The van der Waals surface area contributed by atoms with Crippen LogP contribution in [0.2, 0.25) is 0 Å². The Morgan fingerprint density at radius 3 is 2.37 bits per heavy atom. The normalized spacial score (nSPS) is 16.5. The second kappa shape index (κ2) is 7.13. The fourth-order valence-electron chi connectivity index (χ4n) is 2.30. The van der Waals surface area contributed by atoms with Crippen LogP contribution in [0.4, 0.5) is 4.79 Å². The first-order valence-corrected chi connectivity index (χ1v) is 6.48. The number of hydrogen-bond acceptors (Lipinski definition) is 3. The average molecular weight is 269 g/mol. The fraction of sp³-hybridized carbons (Fsp3) is 0.692. The molecule has 1 saturated heterocycles. The molecular formula is C13H23N3O3. The summed E-state index contributed by atoms with van der Waals surface area (Å²) >= 11 is 0. The van der Waals surface area contributed by atoms with E-state index in [1.54, 1.807) is 11.0 Å². The SMILES string of the molecule is C=CCN(CC(=O)O)C(=O)N1CCC(N(C)C)CC1. The van der Waals surface area contributed by atoms with Crippen LogP contribution in [0.3, 0.4) is 0 Å². The maximum atomic E-state index is 12.2. The standard InChI is InChI=1S/C13H23N3O3/c1-4-7-16(10-12(17)18)13(19)15-8-5-11(6-9-15)14(2)3/h4,11H,1,5-10H2,2-3H3,(H,17,18). The Kier molecular flexibility index (Phi) is 5.82. The monoisotopic (exact) mass is 269 g/mol. The lowest BCUT2D eigenvalue weighted by Crippen LogP contribution is -2.50. The highest BCUT2D eigenvalue weighted by molar-refractivity contribution is 5.80. The van der Waals surface area contributed by atoms with Gasteiger partial charge in [0.1, 0.15) is 6.54 Å². The van der Waals surface area contributed by atoms with E-state index in [0.717, 1.165) is 12.8 Å². The van der Waals surface area contributed by atoms with E-state index < -0.39 is 5.97 Å². The summed E-state index contributed by atoms with van der Waals surface area (Å²) in [6.45, 7) is 4.89. The summed E-state index contributed by atoms with van der Waals surface area (Å²) in [6, 6.07) is 0.288. The molecule has 0 saturated carbocycles. The molecule has 1 fully saturated rings. The number of aliphatic carboxylic acids is 1. The van der Waals surface area contributed by atoms with Crippen LogP contribution in [0.25, 0.3) is 0 Å². The zero-order chi connectivity index (χ0) is 14.4. The van der Waals surface area contributed by atoms with Crippen LogP contribution in [-0.2, 0) is 4.79 Å². The zero-order valence-corrected chi connectivity index (χ0v) is 11.7. The summed E-state index contributed by atoms with van der Waals surface area (Å²) in [5.74, 6) is -1.00. The van der Waals surface area contributed by atoms with Crippen molar-refractivity contribution < 1.29 is 14.7 Å². The van der Waals surface area contributed by atoms with Gasteiger partial charge in [-0.2, -0.15) is 0 Å². The van der Waals surface area contributed by atoms with Gasteiger partial charge in [-0.15, -0.1) is 6.58 Å². The number of carbonyl (C=O) groups is 2. The molecule has 1 N–H and O–H groups in total. The summed E-state index contributed by atoms with van der Waals surface area (Å²) in [5, 5.41) is 8.82. The number of rotatable bonds is 5. The highest BCUT2D eigenvalue weighted by atomic mass is 16.4. The second-order valence-electron chi connectivity index (χ2n) is 5.03. The first-order valence-electron chi connectivity index (χ1n) is 6.48. The van der Waals surface area contributed by atoms with E-state index in [0.29, 0.717) is 19.1 Å². The van der Waals surface area contributed by atoms with Crippen molar-refractivity contribution >= 4 is 12.0 Å². The second-order valence-corrected chi connectivity index (χ2v) is 5.03. The molecule has 1 aliphatic heterocycles. The van der Waals surface area contributed by atoms with Gasteiger partial charge in [0.05, 0.1) is 0 Å². The van der Waals surface area contributed by atoms with Crippen LogP contribution >= 0.6 is 0 Å². The maximum absolute atomic E-state index is 12.2. The van der Waals surface area contributed by atoms with Crippen LogP contribution in [0, 0.1) is 0 Å². The molecule has 1 heterocycles. The van der Waals surface area contributed by atoms with Crippen molar-refractivity contribution in [3.05, 3.63) is 12.7 Å². The van der Waals surface area contributed by atoms with Gasteiger partial charge in [-0.3, -0.25) is 4.79 Å². The third-order valence-electron chi connectivity index (χ3n) is 3.41. The van der Waals surface area contributed by atoms with E-state index in [2.05, 4.69) is 11.5 Å². The van der Waals surface area contributed by atoms with Gasteiger partial charge in [-0.25, -0.2) is 4.79 Å². The number of nitrogens with zero attached hydrogens (tertiary/aromatic N) is 3. The predicted octanol–water partition coefficient (Wildman–Crippen LogP) is 0.705. The molecule has 108 valence electrons. The van der Waals surface area contributed by atoms with Crippen LogP contribution in [-0.4, -0.2) is 78.1 Å². The molecule has 0 atom stereocenters. The quantitative estimate of drug-likeness (QED) is 0.746. The van der Waals surface area contributed by atoms with Gasteiger partial charge in [-0.05, 0) is 26.9 Å². The first kappa shape index (κ1) is 15.5. The van der Waals surface area contributed by atoms with Gasteiger partial charge in [0.15, 0.2) is 0 Å². The third kappa shape index (κ3) is 4.55. The molecule has 1 aliphatic rings. The number of carboxylic acids is 1. The summed E-state index contributed by atoms with van der Waals surface area (Å²) in [6.07, 6.45) is 3.40. The lowest BCUT2D eigenvalue weighted by atomic mass is 10.0. The summed E-state index contributed by atoms with van der Waals surface area (Å²) in [4.78, 5) is 28.2. The molecule has 2 amide bonds. The van der Waals surface area contributed by atoms with Gasteiger partial charge in [0.2, 0.25) is 0 Å². The summed E-state index contributed by atoms with van der Waals surface area (Å²) in [5.41, 5.74) is 0. The molecule has 0 spiro atoms. The number of urea groups is 1. The Balaban J connectivity index is 2.56. The molecule has 0 aromatic rings. The van der Waals surface area contributed by atoms with Crippen molar-refractivity contribution in [2.45, 2.75) is 18.9 Å². The highest BCUT2D eigenvalue weighted by Crippen LogP contribution is 2.15. The van der Waals surface area contributed by atoms with Gasteiger partial charge < -0.3 is 19.8 Å². The molecule has 19 heavy (non-hydrogen) atoms. The summed E-state index contributed by atoms with van der Waals surface area (Å²) in [7, 11) is 4.08. The Bertz CT molecular complexity index is 336. The highest BCUT2D eigenvalue weighted by Gasteiger charge is 2.27. The predicted molar refractivity (Wildman–Crippen MR) is 73.1 cm³/mol. The number of likely N-dealkylation sites (tertiary alicyclic amines) is 1. The lowest BCUT2D eigenvalue weighted by Gasteiger charge is -2.37. The molecule has 1 rings (SSSR count). The van der Waals surface area contributed by atoms with E-state index >= 15 is 0 Å². The average Bonchev–Trinajstić information content (AvgIpc) is 2.37. The molecular weight excluding hydrogens is 246 g/mol. The summed E-state index contributed by atoms with van der Waals surface area (Å²) < 4.78 is 0. The van der Waals surface area contributed by atoms with Gasteiger partial charge in [0, 0.05) is 25.7 Å². The molecule has 0 aliphatic carbocycles. The molecule has 6 heteroatoms. The van der Waals surface area contributed by atoms with Crippen molar-refractivity contribution in [3.8, 4) is 0 Å². The molecule has 0 bridgehead atoms. The topological polar surface area (TPSA) is 64.1 Å². The minimum Gasteiger partial charge on any atom is -0.480 e. The zero-order valence-electron chi connectivity index (χ0n) is 11.7. The third-order valence-corrected chi connectivity index (χ3v) is 3.41. The van der Waals surface area contributed by atoms with Crippen molar-refractivity contribution in [2.24, 2.45) is 0 Å². The van der Waals surface area contributed by atoms with Crippen molar-refractivity contribution in [3.63, 3.8) is 0 Å². The molecule has 6 nitrogen and oxygen atoms in total. The van der Waals surface area contributed by atoms with Crippen LogP contribution < -0.4 is 0 Å². The maximum Gasteiger partial charge on any atom is 0.323 e. The Labute approximate surface area is 114 Å². The van der Waals surface area contributed by atoms with Crippen molar-refractivity contribution in [1.29, 1.82) is 0 Å². The Morgan fingerprint density at radius 2 is 1.95 bits per heavy atom. The van der Waals surface area contributed by atoms with Gasteiger partial charge in [-0.1, -0.05) is 6.08 Å². The minimum absolute atomic E-state index is 0.209. The largest absolute Gasteiger partial charge is 0.480 e. The lowest BCUT2D eigenvalue weighted by molar-refractivity contribution is -0.137. The number of piperidine rings is 1. The first-order chi connectivity index (χ1) is 8.95. The number of amides is 2. The van der Waals surface area contributed by atoms with Crippen LogP contribution in [0.5, 0.6) is 0 Å². The van der Waals surface area contributed by atoms with Gasteiger partial charge >= 0.3 is 12.0 Å². The van der Waals surface area contributed by atoms with Crippen LogP contribution in [0.15, 0.2) is 12.7 Å². The van der Waals surface area contributed by atoms with Gasteiger partial charge in [0.25, 0.3) is 0 Å². The Morgan fingerprint density at radius 1 is 1.37 bits per heavy atom. The molecule has 0 aromatic carbocycles. The van der Waals surface area contributed by atoms with E-state index in [4.69, 9.17) is 5.11 Å². The number of carboxylic acid groups (broad SMARTS) is 1. The fourth-order valence-corrected chi connectivity index (χ4v) is 2.30.